The Kier molecular flexibility index (Phi) is 15.8. The van der Waals surface area contributed by atoms with Gasteiger partial charge in [-0.2, -0.15) is 0 Å². The van der Waals surface area contributed by atoms with E-state index in [1.54, 1.807) is 54.8 Å². The van der Waals surface area contributed by atoms with Crippen molar-refractivity contribution in [3.8, 4) is 11.4 Å². The maximum Gasteiger partial charge on any atom is 0.313 e. The van der Waals surface area contributed by atoms with Gasteiger partial charge in [-0.15, -0.1) is 0 Å². The number of aryl methyl sites for hydroxylation is 1. The molecule has 0 fully saturated rings. The van der Waals surface area contributed by atoms with Gasteiger partial charge >= 0.3 is 5.97 Å². The van der Waals surface area contributed by atoms with E-state index in [9.17, 15) is 47.9 Å². The summed E-state index contributed by atoms with van der Waals surface area (Å²) in [6.07, 6.45) is 4.98. The summed E-state index contributed by atoms with van der Waals surface area (Å²) in [6.45, 7) is 1.32. The Hall–Kier alpha value is -8.14. The number of benzene rings is 2. The molecule has 0 spiro atoms. The minimum absolute atomic E-state index is 0.0465. The fourth-order valence-electron chi connectivity index (χ4n) is 9.50. The molecule has 4 aromatic rings. The monoisotopic (exact) mass is 1000 g/mol. The third-order valence-corrected chi connectivity index (χ3v) is 13.3. The Bertz CT molecular complexity index is 3010. The number of hydrogen-bond donors (Lipinski definition) is 6. The number of carbonyl (C=O) groups excluding carboxylic acids is 9. The van der Waals surface area contributed by atoms with E-state index in [0.29, 0.717) is 87.8 Å². The zero-order chi connectivity index (χ0) is 51.9. The van der Waals surface area contributed by atoms with Crippen LogP contribution in [0.3, 0.4) is 0 Å². The Morgan fingerprint density at radius 3 is 2.32 bits per heavy atom. The molecule has 6 N–H and O–H groups in total. The van der Waals surface area contributed by atoms with Crippen LogP contribution in [-0.4, -0.2) is 113 Å². The van der Waals surface area contributed by atoms with E-state index in [1.807, 2.05) is 0 Å². The average Bonchev–Trinajstić information content (AvgIpc) is 3.91. The molecule has 3 atom stereocenters. The number of esters is 1. The third-order valence-electron chi connectivity index (χ3n) is 13.3. The zero-order valence-corrected chi connectivity index (χ0v) is 40.2. The van der Waals surface area contributed by atoms with E-state index in [-0.39, 0.29) is 49.9 Å². The maximum atomic E-state index is 15.3. The molecular weight excluding hydrogens is 950 g/mol. The van der Waals surface area contributed by atoms with Crippen LogP contribution in [0.15, 0.2) is 59.4 Å². The van der Waals surface area contributed by atoms with Crippen LogP contribution in [0.1, 0.15) is 89.9 Å². The molecule has 73 heavy (non-hydrogen) atoms. The minimum Gasteiger partial charge on any atom is -0.460 e. The molecule has 2 aromatic heterocycles. The van der Waals surface area contributed by atoms with Crippen molar-refractivity contribution < 1.29 is 57.0 Å². The Morgan fingerprint density at radius 1 is 0.836 bits per heavy atom. The topological polar surface area (TPSA) is 282 Å². The number of aromatic nitrogens is 2. The van der Waals surface area contributed by atoms with Gasteiger partial charge in [-0.05, 0) is 73.4 Å². The number of halogens is 1. The second kappa shape index (κ2) is 22.5. The smallest absolute Gasteiger partial charge is 0.313 e. The molecule has 382 valence electrons. The number of pyridine rings is 2. The molecule has 3 aliphatic heterocycles. The predicted octanol–water partition coefficient (Wildman–Crippen LogP) is 0.788. The lowest BCUT2D eigenvalue weighted by atomic mass is 9.81. The third kappa shape index (κ3) is 11.6. The first-order valence-corrected chi connectivity index (χ1v) is 24.0. The number of hydrogen-bond acceptors (Lipinski definition) is 13. The summed E-state index contributed by atoms with van der Waals surface area (Å²) < 4.78 is 27.6. The van der Waals surface area contributed by atoms with Gasteiger partial charge in [0.05, 0.1) is 60.6 Å². The van der Waals surface area contributed by atoms with Crippen molar-refractivity contribution >= 4 is 64.1 Å². The van der Waals surface area contributed by atoms with E-state index in [2.05, 4.69) is 31.9 Å². The summed E-state index contributed by atoms with van der Waals surface area (Å²) in [5.41, 5.74) is 5.27. The molecule has 8 rings (SSSR count). The first-order valence-electron chi connectivity index (χ1n) is 24.0. The number of ether oxygens (including phenoxy) is 2. The van der Waals surface area contributed by atoms with Gasteiger partial charge in [-0.25, -0.2) is 9.37 Å². The molecule has 21 nitrogen and oxygen atoms in total. The van der Waals surface area contributed by atoms with Crippen LogP contribution in [0.5, 0.6) is 0 Å². The second-order valence-electron chi connectivity index (χ2n) is 18.2. The summed E-state index contributed by atoms with van der Waals surface area (Å²) >= 11 is 0. The number of nitrogens with zero attached hydrogens (tertiary/aromatic N) is 3. The second-order valence-corrected chi connectivity index (χ2v) is 18.2. The van der Waals surface area contributed by atoms with Crippen molar-refractivity contribution in [1.82, 2.24) is 46.4 Å². The van der Waals surface area contributed by atoms with Gasteiger partial charge in [0.25, 0.3) is 17.4 Å². The van der Waals surface area contributed by atoms with Gasteiger partial charge in [-0.3, -0.25) is 52.8 Å². The van der Waals surface area contributed by atoms with Crippen LogP contribution in [0, 0.1) is 12.7 Å². The van der Waals surface area contributed by atoms with Gasteiger partial charge in [-0.1, -0.05) is 36.8 Å². The number of carbonyl (C=O) groups is 9. The zero-order valence-electron chi connectivity index (χ0n) is 40.2. The van der Waals surface area contributed by atoms with Crippen LogP contribution in [0.4, 0.5) is 4.39 Å². The molecule has 0 unspecified atom stereocenters. The number of amides is 8. The Morgan fingerprint density at radius 2 is 1.55 bits per heavy atom. The first kappa shape index (κ1) is 51.2. The van der Waals surface area contributed by atoms with E-state index < -0.39 is 98.2 Å². The first-order chi connectivity index (χ1) is 35.1. The fourth-order valence-corrected chi connectivity index (χ4v) is 9.50. The number of imide groups is 1. The SMILES string of the molecule is Cc1c(F)cc2nc3c(c4c2c1CC[C@@H]4NC(=O)COCNC(=O)CNC(=O)[C@H](Cc1ccccc1)NC(=O)CNC(=O)CNC(=O)CCCCCN1C(=O)C=CC1=O)Cn1c-3cc2c(c1=O)COC(=O)[C@H]2C. The van der Waals surface area contributed by atoms with Crippen LogP contribution in [-0.2, 0) is 78.6 Å². The summed E-state index contributed by atoms with van der Waals surface area (Å²) in [4.78, 5) is 133. The van der Waals surface area contributed by atoms with Gasteiger partial charge < -0.3 is 45.9 Å². The number of fused-ring (bicyclic) bond motifs is 5. The number of cyclic esters (lactones) is 1. The highest BCUT2D eigenvalue weighted by Gasteiger charge is 2.37. The Labute approximate surface area is 417 Å². The lowest BCUT2D eigenvalue weighted by Crippen LogP contribution is -2.52. The van der Waals surface area contributed by atoms with Crippen LogP contribution < -0.4 is 37.5 Å². The molecule has 22 heteroatoms. The quantitative estimate of drug-likeness (QED) is 0.0257. The molecule has 0 radical (unpaired) electrons. The maximum absolute atomic E-state index is 15.3. The minimum atomic E-state index is -1.15. The fraction of sp³-hybridized carbons (Fsp3) is 0.392. The number of nitrogens with one attached hydrogen (secondary N) is 6. The largest absolute Gasteiger partial charge is 0.460 e. The number of unbranched alkanes of at least 4 members (excludes halogenated alkanes) is 2. The molecule has 5 heterocycles. The predicted molar refractivity (Wildman–Crippen MR) is 257 cm³/mol. The molecular formula is C51H54FN9O12. The lowest BCUT2D eigenvalue weighted by Gasteiger charge is -2.29. The van der Waals surface area contributed by atoms with Crippen molar-refractivity contribution in [1.29, 1.82) is 0 Å². The van der Waals surface area contributed by atoms with E-state index in [0.717, 1.165) is 10.5 Å². The van der Waals surface area contributed by atoms with E-state index in [4.69, 9.17) is 14.5 Å². The molecule has 2 aromatic carbocycles. The van der Waals surface area contributed by atoms with Crippen molar-refractivity contribution in [2.45, 2.75) is 89.9 Å². The molecule has 0 bridgehead atoms. The molecule has 0 saturated carbocycles. The Balaban J connectivity index is 0.792. The summed E-state index contributed by atoms with van der Waals surface area (Å²) in [5, 5.41) is 16.1. The summed E-state index contributed by atoms with van der Waals surface area (Å²) in [7, 11) is 0. The van der Waals surface area contributed by atoms with Gasteiger partial charge in [0, 0.05) is 48.6 Å². The van der Waals surface area contributed by atoms with Gasteiger partial charge in [0.15, 0.2) is 0 Å². The summed E-state index contributed by atoms with van der Waals surface area (Å²) in [5.74, 6) is -5.91. The summed E-state index contributed by atoms with van der Waals surface area (Å²) in [6, 6.07) is 10.2. The van der Waals surface area contributed by atoms with Crippen molar-refractivity contribution in [3.05, 3.63) is 110 Å². The van der Waals surface area contributed by atoms with Crippen molar-refractivity contribution in [2.75, 3.05) is 39.5 Å². The number of rotatable bonds is 21. The molecule has 4 aliphatic rings. The normalized spacial score (nSPS) is 16.5. The van der Waals surface area contributed by atoms with Crippen LogP contribution in [0.2, 0.25) is 0 Å². The molecule has 8 amide bonds. The van der Waals surface area contributed by atoms with Gasteiger partial charge in [0.2, 0.25) is 35.4 Å². The van der Waals surface area contributed by atoms with E-state index in [1.165, 1.54) is 18.2 Å². The van der Waals surface area contributed by atoms with Crippen LogP contribution >= 0.6 is 0 Å². The van der Waals surface area contributed by atoms with E-state index >= 15 is 4.39 Å². The molecule has 0 saturated heterocycles. The van der Waals surface area contributed by atoms with Crippen LogP contribution in [0.25, 0.3) is 22.3 Å². The van der Waals surface area contributed by atoms with Crippen molar-refractivity contribution in [2.24, 2.45) is 0 Å². The standard InChI is InChI=1S/C51H54FN9O12/c1-27-30-12-13-35(47-32-23-61-38(48(32)59-36(46(30)47)19-34(27)52)18-31-28(2)51(71)73-24-33(31)50(61)70)57-43(66)25-72-26-56-41(64)21-55-49(69)37(17-29-9-5-3-6-10-29)58-42(65)22-54-40(63)20-53-39(62)11-7-4-8-16-60-44(67)14-15-45(60)68/h3,5-6,9-10,14-15,18-19,28,35,37H,4,7-8,11-13,16-17,20-26H2,1-2H3,(H,53,62)(H,54,63)(H,55,69)(H,56,64)(H,57,66)(H,58,65)/t28-,35-,37-/m0/s1. The lowest BCUT2D eigenvalue weighted by molar-refractivity contribution is -0.148. The average molecular weight is 1000 g/mol. The van der Waals surface area contributed by atoms with Gasteiger partial charge in [0.1, 0.15) is 31.8 Å². The molecule has 1 aliphatic carbocycles. The van der Waals surface area contributed by atoms with Crippen molar-refractivity contribution in [3.63, 3.8) is 0 Å². The highest BCUT2D eigenvalue weighted by atomic mass is 19.1. The highest BCUT2D eigenvalue weighted by Crippen LogP contribution is 2.45. The highest BCUT2D eigenvalue weighted by molar-refractivity contribution is 6.12.